The van der Waals surface area contributed by atoms with Crippen LogP contribution in [-0.4, -0.2) is 80.3 Å². The number of carbonyl (C=O) groups excluding carboxylic acids is 1. The lowest BCUT2D eigenvalue weighted by Gasteiger charge is -2.33. The van der Waals surface area contributed by atoms with Crippen LogP contribution in [0.1, 0.15) is 43.7 Å². The molecular weight excluding hydrogens is 456 g/mol. The van der Waals surface area contributed by atoms with Crippen molar-refractivity contribution in [3.63, 3.8) is 0 Å². The van der Waals surface area contributed by atoms with E-state index in [1.807, 2.05) is 12.3 Å². The molecule has 4 aromatic heterocycles. The quantitative estimate of drug-likeness (QED) is 0.365. The molecule has 1 saturated heterocycles. The Morgan fingerprint density at radius 3 is 2.75 bits per heavy atom. The van der Waals surface area contributed by atoms with E-state index in [0.717, 1.165) is 65.2 Å². The summed E-state index contributed by atoms with van der Waals surface area (Å²) in [7, 11) is 3.56. The molecule has 0 aromatic carbocycles. The fourth-order valence-corrected chi connectivity index (χ4v) is 4.99. The second kappa shape index (κ2) is 9.87. The van der Waals surface area contributed by atoms with Crippen molar-refractivity contribution < 1.29 is 9.90 Å². The molecule has 10 heteroatoms. The largest absolute Gasteiger partial charge is 0.392 e. The molecule has 36 heavy (non-hydrogen) atoms. The fourth-order valence-electron chi connectivity index (χ4n) is 4.99. The molecule has 0 atom stereocenters. The zero-order valence-corrected chi connectivity index (χ0v) is 21.3. The molecule has 190 valence electrons. The zero-order valence-electron chi connectivity index (χ0n) is 21.3. The third-order valence-corrected chi connectivity index (χ3v) is 7.01. The molecular formula is C26H34N8O2. The maximum Gasteiger partial charge on any atom is 0.236 e. The first-order valence-corrected chi connectivity index (χ1v) is 12.5. The van der Waals surface area contributed by atoms with E-state index in [2.05, 4.69) is 51.3 Å². The second-order valence-corrected chi connectivity index (χ2v) is 10.0. The van der Waals surface area contributed by atoms with E-state index in [1.165, 1.54) is 6.33 Å². The predicted molar refractivity (Wildman–Crippen MR) is 140 cm³/mol. The van der Waals surface area contributed by atoms with Crippen LogP contribution in [0.2, 0.25) is 0 Å². The van der Waals surface area contributed by atoms with Crippen molar-refractivity contribution >= 4 is 28.4 Å². The summed E-state index contributed by atoms with van der Waals surface area (Å²) < 4.78 is 1.71. The Morgan fingerprint density at radius 2 is 2.06 bits per heavy atom. The highest BCUT2D eigenvalue weighted by Gasteiger charge is 2.23. The average molecular weight is 491 g/mol. The average Bonchev–Trinajstić information content (AvgIpc) is 3.51. The fraction of sp³-hybridized carbons (Fsp3) is 0.462. The molecule has 0 radical (unpaired) electrons. The van der Waals surface area contributed by atoms with Gasteiger partial charge in [0.25, 0.3) is 0 Å². The molecule has 3 N–H and O–H groups in total. The Balaban J connectivity index is 1.42. The Bertz CT molecular complexity index is 1380. The second-order valence-electron chi connectivity index (χ2n) is 10.0. The van der Waals surface area contributed by atoms with Gasteiger partial charge in [-0.05, 0) is 37.0 Å². The highest BCUT2D eigenvalue weighted by molar-refractivity contribution is 5.89. The van der Waals surface area contributed by atoms with Gasteiger partial charge >= 0.3 is 0 Å². The maximum atomic E-state index is 11.9. The third-order valence-electron chi connectivity index (χ3n) is 7.01. The summed E-state index contributed by atoms with van der Waals surface area (Å²) in [6, 6.07) is 6.50. The van der Waals surface area contributed by atoms with Crippen LogP contribution in [0.4, 0.5) is 5.82 Å². The minimum Gasteiger partial charge on any atom is -0.392 e. The molecule has 10 nitrogen and oxygen atoms in total. The highest BCUT2D eigenvalue weighted by Crippen LogP contribution is 2.36. The van der Waals surface area contributed by atoms with Gasteiger partial charge in [-0.2, -0.15) is 5.10 Å². The molecule has 1 aliphatic rings. The molecule has 0 saturated carbocycles. The lowest BCUT2D eigenvalue weighted by molar-refractivity contribution is -0.127. The molecule has 0 spiro atoms. The monoisotopic (exact) mass is 490 g/mol. The van der Waals surface area contributed by atoms with Crippen molar-refractivity contribution in [3.05, 3.63) is 41.9 Å². The molecule has 4 aromatic rings. The number of aliphatic hydroxyl groups is 1. The van der Waals surface area contributed by atoms with Gasteiger partial charge in [-0.15, -0.1) is 0 Å². The smallest absolute Gasteiger partial charge is 0.236 e. The number of anilines is 1. The first-order valence-electron chi connectivity index (χ1n) is 12.5. The summed E-state index contributed by atoms with van der Waals surface area (Å²) in [5, 5.41) is 17.6. The number of amides is 1. The number of piperidine rings is 1. The summed E-state index contributed by atoms with van der Waals surface area (Å²) in [5.74, 6) is 1.31. The van der Waals surface area contributed by atoms with E-state index in [4.69, 9.17) is 4.98 Å². The number of nitrogens with one attached hydrogen (secondary N) is 2. The topological polar surface area (TPSA) is 115 Å². The molecule has 1 aliphatic heterocycles. The zero-order chi connectivity index (χ0) is 25.4. The van der Waals surface area contributed by atoms with Crippen molar-refractivity contribution in [1.82, 2.24) is 34.8 Å². The number of hydrogen-bond acceptors (Lipinski definition) is 7. The molecule has 1 fully saturated rings. The lowest BCUT2D eigenvalue weighted by atomic mass is 9.98. The molecule has 0 aliphatic carbocycles. The van der Waals surface area contributed by atoms with E-state index in [-0.39, 0.29) is 18.4 Å². The number of fused-ring (bicyclic) bond motifs is 2. The molecule has 0 unspecified atom stereocenters. The van der Waals surface area contributed by atoms with Gasteiger partial charge in [-0.25, -0.2) is 14.5 Å². The number of rotatable bonds is 7. The lowest BCUT2D eigenvalue weighted by Crippen LogP contribution is -2.45. The maximum absolute atomic E-state index is 11.9. The van der Waals surface area contributed by atoms with Crippen LogP contribution in [-0.2, 0) is 11.4 Å². The summed E-state index contributed by atoms with van der Waals surface area (Å²) >= 11 is 0. The van der Waals surface area contributed by atoms with Gasteiger partial charge in [-0.3, -0.25) is 4.79 Å². The van der Waals surface area contributed by atoms with E-state index < -0.39 is 0 Å². The molecule has 0 bridgehead atoms. The number of nitrogens with zero attached hydrogens (tertiary/aromatic N) is 6. The molecule has 1 amide bonds. The minimum absolute atomic E-state index is 0.100. The van der Waals surface area contributed by atoms with Gasteiger partial charge in [0.1, 0.15) is 12.1 Å². The summed E-state index contributed by atoms with van der Waals surface area (Å²) in [5.41, 5.74) is 6.43. The van der Waals surface area contributed by atoms with Crippen LogP contribution >= 0.6 is 0 Å². The first kappa shape index (κ1) is 24.2. The van der Waals surface area contributed by atoms with E-state index in [9.17, 15) is 9.90 Å². The van der Waals surface area contributed by atoms with E-state index in [0.29, 0.717) is 18.2 Å². The number of hydrogen-bond donors (Lipinski definition) is 3. The van der Waals surface area contributed by atoms with Crippen LogP contribution in [0.25, 0.3) is 27.9 Å². The van der Waals surface area contributed by atoms with Crippen LogP contribution in [0.5, 0.6) is 0 Å². The van der Waals surface area contributed by atoms with Crippen molar-refractivity contribution in [2.45, 2.75) is 45.3 Å². The Labute approximate surface area is 210 Å². The van der Waals surface area contributed by atoms with Crippen LogP contribution < -0.4 is 10.2 Å². The van der Waals surface area contributed by atoms with Crippen molar-refractivity contribution in [3.8, 4) is 11.3 Å². The number of aromatic nitrogens is 5. The predicted octanol–water partition coefficient (Wildman–Crippen LogP) is 2.53. The van der Waals surface area contributed by atoms with Crippen LogP contribution in [0, 0.1) is 0 Å². The van der Waals surface area contributed by atoms with Crippen molar-refractivity contribution in [2.24, 2.45) is 0 Å². The van der Waals surface area contributed by atoms with Crippen molar-refractivity contribution in [1.29, 1.82) is 0 Å². The Hall–Kier alpha value is -3.50. The highest BCUT2D eigenvalue weighted by atomic mass is 16.3. The standard InChI is InChI=1S/C26H34N8O2/c1-16(2)23-24(17-11-18(14-35)26-28-15-29-34(26)13-17)30-20-5-6-21(31-25(20)23)33-9-7-19(8-10-33)27-12-22(36)32(3)4/h5-6,11,13,15-16,19,27,30,35H,7-10,12,14H2,1-4H3. The summed E-state index contributed by atoms with van der Waals surface area (Å²) in [6.07, 6.45) is 5.38. The van der Waals surface area contributed by atoms with Crippen LogP contribution in [0.3, 0.4) is 0 Å². The number of pyridine rings is 2. The third kappa shape index (κ3) is 4.54. The Kier molecular flexibility index (Phi) is 6.63. The minimum atomic E-state index is -0.107. The van der Waals surface area contributed by atoms with Gasteiger partial charge in [0.15, 0.2) is 5.65 Å². The number of likely N-dealkylation sites (N-methyl/N-ethyl adjacent to an activating group) is 1. The number of aliphatic hydroxyl groups excluding tert-OH is 1. The number of aromatic amines is 1. The van der Waals surface area contributed by atoms with Crippen molar-refractivity contribution in [2.75, 3.05) is 38.6 Å². The SMILES string of the molecule is CC(C)c1c(-c2cc(CO)c3ncnn3c2)[nH]c2ccc(N3CCC(NCC(=O)N(C)C)CC3)nc12. The Morgan fingerprint density at radius 1 is 1.28 bits per heavy atom. The van der Waals surface area contributed by atoms with Gasteiger partial charge in [0, 0.05) is 56.1 Å². The summed E-state index contributed by atoms with van der Waals surface area (Å²) in [4.78, 5) is 28.8. The van der Waals surface area contributed by atoms with Gasteiger partial charge in [0.05, 0.1) is 29.9 Å². The van der Waals surface area contributed by atoms with Gasteiger partial charge in [0.2, 0.25) is 5.91 Å². The van der Waals surface area contributed by atoms with Crippen LogP contribution in [0.15, 0.2) is 30.7 Å². The number of H-pyrrole nitrogens is 1. The number of carbonyl (C=O) groups is 1. The van der Waals surface area contributed by atoms with E-state index >= 15 is 0 Å². The first-order chi connectivity index (χ1) is 17.4. The molecule has 5 heterocycles. The van der Waals surface area contributed by atoms with E-state index in [1.54, 1.807) is 23.5 Å². The van der Waals surface area contributed by atoms with Gasteiger partial charge < -0.3 is 25.2 Å². The molecule has 5 rings (SSSR count). The summed E-state index contributed by atoms with van der Waals surface area (Å²) in [6.45, 7) is 6.40. The normalized spacial score (nSPS) is 14.9. The van der Waals surface area contributed by atoms with Gasteiger partial charge in [-0.1, -0.05) is 13.8 Å².